The molecule has 0 bridgehead atoms. The lowest BCUT2D eigenvalue weighted by Crippen LogP contribution is -1.90. The van der Waals surface area contributed by atoms with Crippen molar-refractivity contribution in [2.45, 2.75) is 0 Å². The minimum absolute atomic E-state index is 0.681. The van der Waals surface area contributed by atoms with E-state index in [4.69, 9.17) is 5.41 Å². The van der Waals surface area contributed by atoms with Crippen LogP contribution >= 0.6 is 0 Å². The molecule has 0 saturated heterocycles. The fraction of sp³-hybridized carbons (Fsp3) is 0. The quantitative estimate of drug-likeness (QED) is 0.668. The van der Waals surface area contributed by atoms with Gasteiger partial charge in [-0.15, -0.1) is 0 Å². The number of hydrogen-bond acceptors (Lipinski definition) is 2. The highest BCUT2D eigenvalue weighted by Crippen LogP contribution is 2.26. The first-order chi connectivity index (χ1) is 8.88. The fourth-order valence-electron chi connectivity index (χ4n) is 2.13. The van der Waals surface area contributed by atoms with E-state index in [1.165, 1.54) is 17.0 Å². The molecule has 1 aromatic heterocycles. The van der Waals surface area contributed by atoms with Crippen LogP contribution in [0.2, 0.25) is 0 Å². The Morgan fingerprint density at radius 3 is 2.50 bits per heavy atom. The van der Waals surface area contributed by atoms with Crippen molar-refractivity contribution in [3.05, 3.63) is 66.4 Å². The van der Waals surface area contributed by atoms with Gasteiger partial charge in [0.1, 0.15) is 0 Å². The van der Waals surface area contributed by atoms with Crippen LogP contribution in [0.4, 0.5) is 0 Å². The second-order valence-corrected chi connectivity index (χ2v) is 4.12. The normalized spacial score (nSPS) is 10.4. The molecule has 2 aromatic carbocycles. The van der Waals surface area contributed by atoms with Gasteiger partial charge in [-0.1, -0.05) is 48.5 Å². The zero-order valence-electron chi connectivity index (χ0n) is 9.80. The molecule has 3 rings (SSSR count). The molecule has 0 spiro atoms. The summed E-state index contributed by atoms with van der Waals surface area (Å²) in [5, 5.41) is 9.67. The Morgan fingerprint density at radius 2 is 1.61 bits per heavy atom. The lowest BCUT2D eigenvalue weighted by Gasteiger charge is -2.06. The third kappa shape index (κ3) is 1.78. The van der Waals surface area contributed by atoms with Gasteiger partial charge >= 0.3 is 0 Å². The van der Waals surface area contributed by atoms with Crippen molar-refractivity contribution >= 4 is 17.0 Å². The van der Waals surface area contributed by atoms with Crippen molar-refractivity contribution < 1.29 is 0 Å². The van der Waals surface area contributed by atoms with Crippen LogP contribution in [0, 0.1) is 5.41 Å². The van der Waals surface area contributed by atoms with Crippen LogP contribution in [0.3, 0.4) is 0 Å². The van der Waals surface area contributed by atoms with Crippen LogP contribution in [0.5, 0.6) is 0 Å². The number of nitrogens with one attached hydrogen (secondary N) is 1. The van der Waals surface area contributed by atoms with E-state index < -0.39 is 0 Å². The largest absolute Gasteiger partial charge is 0.307 e. The van der Waals surface area contributed by atoms with Gasteiger partial charge in [0, 0.05) is 11.8 Å². The second kappa shape index (κ2) is 4.41. The Hall–Kier alpha value is -2.48. The first-order valence-corrected chi connectivity index (χ1v) is 5.84. The van der Waals surface area contributed by atoms with E-state index in [0.717, 1.165) is 11.3 Å². The zero-order valence-corrected chi connectivity index (χ0v) is 9.80. The van der Waals surface area contributed by atoms with Gasteiger partial charge in [-0.05, 0) is 22.9 Å². The third-order valence-corrected chi connectivity index (χ3v) is 2.98. The fourth-order valence-corrected chi connectivity index (χ4v) is 2.13. The van der Waals surface area contributed by atoms with Gasteiger partial charge < -0.3 is 5.41 Å². The van der Waals surface area contributed by atoms with Gasteiger partial charge in [-0.25, -0.2) is 4.98 Å². The van der Waals surface area contributed by atoms with Gasteiger partial charge in [0.15, 0.2) is 0 Å². The van der Waals surface area contributed by atoms with Crippen LogP contribution < -0.4 is 0 Å². The maximum absolute atomic E-state index is 7.28. The van der Waals surface area contributed by atoms with E-state index in [0.29, 0.717) is 5.69 Å². The van der Waals surface area contributed by atoms with E-state index in [1.807, 2.05) is 36.4 Å². The van der Waals surface area contributed by atoms with Gasteiger partial charge in [0.05, 0.1) is 11.4 Å². The molecule has 2 heteroatoms. The highest BCUT2D eigenvalue weighted by Gasteiger charge is 2.04. The molecule has 3 aromatic rings. The molecule has 0 fully saturated rings. The second-order valence-electron chi connectivity index (χ2n) is 4.12. The summed E-state index contributed by atoms with van der Waals surface area (Å²) in [4.78, 5) is 4.47. The molecule has 0 unspecified atom stereocenters. The summed E-state index contributed by atoms with van der Waals surface area (Å²) in [6.45, 7) is 0. The van der Waals surface area contributed by atoms with E-state index >= 15 is 0 Å². The summed E-state index contributed by atoms with van der Waals surface area (Å²) in [5.74, 6) is 0. The van der Waals surface area contributed by atoms with Crippen molar-refractivity contribution in [1.82, 2.24) is 4.98 Å². The van der Waals surface area contributed by atoms with Crippen molar-refractivity contribution in [2.24, 2.45) is 0 Å². The number of nitrogens with zero attached hydrogens (tertiary/aromatic N) is 1. The number of aromatic nitrogens is 1. The van der Waals surface area contributed by atoms with E-state index in [1.54, 1.807) is 0 Å². The molecular formula is C16H12N2. The topological polar surface area (TPSA) is 36.7 Å². The zero-order chi connectivity index (χ0) is 12.4. The molecular weight excluding hydrogens is 220 g/mol. The standard InChI is InChI=1S/C16H12N2/c17-11-13-7-4-10-16(18-13)15-9-3-6-12-5-1-2-8-14(12)15/h1-11,17H. The molecule has 0 aliphatic carbocycles. The number of rotatable bonds is 2. The number of benzene rings is 2. The summed E-state index contributed by atoms with van der Waals surface area (Å²) in [7, 11) is 0. The Balaban J connectivity index is 2.27. The number of pyridine rings is 1. The predicted octanol–water partition coefficient (Wildman–Crippen LogP) is 3.90. The smallest absolute Gasteiger partial charge is 0.0812 e. The predicted molar refractivity (Wildman–Crippen MR) is 75.1 cm³/mol. The van der Waals surface area contributed by atoms with Crippen LogP contribution in [0.1, 0.15) is 5.69 Å². The summed E-state index contributed by atoms with van der Waals surface area (Å²) < 4.78 is 0. The van der Waals surface area contributed by atoms with Crippen molar-refractivity contribution in [3.8, 4) is 11.3 Å². The molecule has 86 valence electrons. The molecule has 0 saturated carbocycles. The van der Waals surface area contributed by atoms with Crippen LogP contribution in [0.25, 0.3) is 22.0 Å². The Kier molecular flexibility index (Phi) is 2.61. The lowest BCUT2D eigenvalue weighted by molar-refractivity contribution is 1.30. The molecule has 0 aliphatic heterocycles. The maximum atomic E-state index is 7.28. The average Bonchev–Trinajstić information content (AvgIpc) is 2.47. The molecule has 0 atom stereocenters. The van der Waals surface area contributed by atoms with Crippen molar-refractivity contribution in [1.29, 1.82) is 5.41 Å². The first kappa shape index (κ1) is 10.7. The maximum Gasteiger partial charge on any atom is 0.0812 e. The SMILES string of the molecule is N=Cc1cccc(-c2cccc3ccccc23)n1. The van der Waals surface area contributed by atoms with Gasteiger partial charge in [-0.3, -0.25) is 0 Å². The average molecular weight is 232 g/mol. The summed E-state index contributed by atoms with van der Waals surface area (Å²) in [6, 6.07) is 20.2. The molecule has 0 aliphatic rings. The Bertz CT molecular complexity index is 712. The Morgan fingerprint density at radius 1 is 0.833 bits per heavy atom. The van der Waals surface area contributed by atoms with E-state index in [2.05, 4.69) is 29.2 Å². The minimum Gasteiger partial charge on any atom is -0.307 e. The molecule has 0 amide bonds. The summed E-state index contributed by atoms with van der Waals surface area (Å²) in [5.41, 5.74) is 2.70. The van der Waals surface area contributed by atoms with E-state index in [9.17, 15) is 0 Å². The summed E-state index contributed by atoms with van der Waals surface area (Å²) >= 11 is 0. The molecule has 18 heavy (non-hydrogen) atoms. The monoisotopic (exact) mass is 232 g/mol. The lowest BCUT2D eigenvalue weighted by atomic mass is 10.0. The summed E-state index contributed by atoms with van der Waals surface area (Å²) in [6.07, 6.45) is 1.27. The Labute approximate surface area is 105 Å². The van der Waals surface area contributed by atoms with Crippen molar-refractivity contribution in [2.75, 3.05) is 0 Å². The third-order valence-electron chi connectivity index (χ3n) is 2.98. The minimum atomic E-state index is 0.681. The van der Waals surface area contributed by atoms with Crippen LogP contribution in [0.15, 0.2) is 60.7 Å². The number of hydrogen-bond donors (Lipinski definition) is 1. The van der Waals surface area contributed by atoms with Gasteiger partial charge in [0.25, 0.3) is 0 Å². The number of fused-ring (bicyclic) bond motifs is 1. The van der Waals surface area contributed by atoms with Gasteiger partial charge in [-0.2, -0.15) is 0 Å². The van der Waals surface area contributed by atoms with Crippen molar-refractivity contribution in [3.63, 3.8) is 0 Å². The molecule has 1 heterocycles. The highest BCUT2D eigenvalue weighted by molar-refractivity contribution is 5.96. The molecule has 0 radical (unpaired) electrons. The highest BCUT2D eigenvalue weighted by atomic mass is 14.7. The van der Waals surface area contributed by atoms with Gasteiger partial charge in [0.2, 0.25) is 0 Å². The van der Waals surface area contributed by atoms with Crippen LogP contribution in [-0.4, -0.2) is 11.2 Å². The van der Waals surface area contributed by atoms with E-state index in [-0.39, 0.29) is 0 Å². The molecule has 2 nitrogen and oxygen atoms in total. The van der Waals surface area contributed by atoms with Crippen LogP contribution in [-0.2, 0) is 0 Å². The molecule has 1 N–H and O–H groups in total. The first-order valence-electron chi connectivity index (χ1n) is 5.84.